The van der Waals surface area contributed by atoms with Gasteiger partial charge in [0.15, 0.2) is 0 Å². The highest BCUT2D eigenvalue weighted by atomic mass is 16.5. The molecule has 0 aromatic heterocycles. The van der Waals surface area contributed by atoms with Gasteiger partial charge < -0.3 is 15.4 Å². The van der Waals surface area contributed by atoms with Gasteiger partial charge in [-0.15, -0.1) is 0 Å². The number of methoxy groups -OCH3 is 1. The second-order valence-corrected chi connectivity index (χ2v) is 5.24. The van der Waals surface area contributed by atoms with Crippen molar-refractivity contribution in [1.29, 1.82) is 0 Å². The van der Waals surface area contributed by atoms with Crippen molar-refractivity contribution in [2.75, 3.05) is 25.5 Å². The molecule has 5 heteroatoms. The molecule has 23 heavy (non-hydrogen) atoms. The Morgan fingerprint density at radius 1 is 1.22 bits per heavy atom. The summed E-state index contributed by atoms with van der Waals surface area (Å²) >= 11 is 0. The lowest BCUT2D eigenvalue weighted by atomic mass is 10.1. The van der Waals surface area contributed by atoms with Gasteiger partial charge in [-0.25, -0.2) is 0 Å². The van der Waals surface area contributed by atoms with Crippen LogP contribution in [0.25, 0.3) is 0 Å². The molecule has 0 unspecified atom stereocenters. The summed E-state index contributed by atoms with van der Waals surface area (Å²) in [5.74, 6) is 1.47. The van der Waals surface area contributed by atoms with Crippen LogP contribution in [0.4, 0.5) is 5.69 Å². The van der Waals surface area contributed by atoms with Gasteiger partial charge in [0.25, 0.3) is 0 Å². The third-order valence-corrected chi connectivity index (χ3v) is 3.67. The van der Waals surface area contributed by atoms with E-state index in [0.29, 0.717) is 0 Å². The average molecular weight is 309 g/mol. The molecular formula is C18H19N3O2. The lowest BCUT2D eigenvalue weighted by Gasteiger charge is -2.12. The number of ether oxygens (including phenoxy) is 1. The topological polar surface area (TPSA) is 62.7 Å². The van der Waals surface area contributed by atoms with Crippen LogP contribution in [0.15, 0.2) is 53.5 Å². The normalized spacial score (nSPS) is 13.2. The van der Waals surface area contributed by atoms with Gasteiger partial charge >= 0.3 is 0 Å². The molecule has 3 rings (SSSR count). The molecule has 0 spiro atoms. The molecule has 0 atom stereocenters. The monoisotopic (exact) mass is 309 g/mol. The number of anilines is 1. The van der Waals surface area contributed by atoms with E-state index < -0.39 is 0 Å². The van der Waals surface area contributed by atoms with Crippen LogP contribution in [0, 0.1) is 0 Å². The lowest BCUT2D eigenvalue weighted by Crippen LogP contribution is -2.23. The predicted octanol–water partition coefficient (Wildman–Crippen LogP) is 2.23. The second kappa shape index (κ2) is 6.96. The molecule has 0 radical (unpaired) electrons. The van der Waals surface area contributed by atoms with Crippen molar-refractivity contribution in [3.8, 4) is 5.75 Å². The van der Waals surface area contributed by atoms with Gasteiger partial charge in [0, 0.05) is 17.7 Å². The van der Waals surface area contributed by atoms with Crippen molar-refractivity contribution in [3.05, 3.63) is 59.7 Å². The summed E-state index contributed by atoms with van der Waals surface area (Å²) in [6, 6.07) is 15.2. The zero-order valence-electron chi connectivity index (χ0n) is 13.0. The zero-order valence-corrected chi connectivity index (χ0v) is 13.0. The number of para-hydroxylation sites is 2. The van der Waals surface area contributed by atoms with Gasteiger partial charge in [0.1, 0.15) is 11.6 Å². The number of hydrogen-bond acceptors (Lipinski definition) is 4. The Balaban J connectivity index is 1.76. The van der Waals surface area contributed by atoms with Crippen molar-refractivity contribution in [2.45, 2.75) is 6.42 Å². The van der Waals surface area contributed by atoms with Crippen LogP contribution in [-0.4, -0.2) is 31.9 Å². The third kappa shape index (κ3) is 3.51. The molecule has 2 N–H and O–H groups in total. The molecule has 0 saturated carbocycles. The number of nitrogens with one attached hydrogen (secondary N) is 2. The van der Waals surface area contributed by atoms with Crippen molar-refractivity contribution < 1.29 is 9.53 Å². The number of carbonyl (C=O) groups is 1. The van der Waals surface area contributed by atoms with E-state index in [1.807, 2.05) is 48.5 Å². The van der Waals surface area contributed by atoms with E-state index in [4.69, 9.17) is 4.74 Å². The minimum atomic E-state index is -0.0828. The van der Waals surface area contributed by atoms with E-state index >= 15 is 0 Å². The van der Waals surface area contributed by atoms with Crippen LogP contribution in [0.1, 0.15) is 11.1 Å². The number of amidine groups is 1. The quantitative estimate of drug-likeness (QED) is 0.890. The Hall–Kier alpha value is -2.82. The fourth-order valence-corrected chi connectivity index (χ4v) is 2.59. The summed E-state index contributed by atoms with van der Waals surface area (Å²) in [5, 5.41) is 6.21. The van der Waals surface area contributed by atoms with Crippen molar-refractivity contribution >= 4 is 17.4 Å². The van der Waals surface area contributed by atoms with Crippen LogP contribution in [0.2, 0.25) is 0 Å². The Labute approximate surface area is 135 Å². The van der Waals surface area contributed by atoms with Gasteiger partial charge in [0.05, 0.1) is 25.8 Å². The van der Waals surface area contributed by atoms with E-state index in [-0.39, 0.29) is 12.3 Å². The highest BCUT2D eigenvalue weighted by molar-refractivity contribution is 6.07. The number of hydrogen-bond donors (Lipinski definition) is 2. The molecule has 0 fully saturated rings. The van der Waals surface area contributed by atoms with E-state index in [2.05, 4.69) is 15.6 Å². The van der Waals surface area contributed by atoms with Crippen LogP contribution in [0.5, 0.6) is 5.75 Å². The molecule has 0 saturated heterocycles. The largest absolute Gasteiger partial charge is 0.496 e. The van der Waals surface area contributed by atoms with Crippen LogP contribution in [0.3, 0.4) is 0 Å². The minimum absolute atomic E-state index is 0.0828. The Kier molecular flexibility index (Phi) is 4.57. The summed E-state index contributed by atoms with van der Waals surface area (Å²) < 4.78 is 5.29. The molecular weight excluding hydrogens is 290 g/mol. The van der Waals surface area contributed by atoms with Crippen molar-refractivity contribution in [2.24, 2.45) is 4.99 Å². The summed E-state index contributed by atoms with van der Waals surface area (Å²) in [4.78, 5) is 16.8. The Morgan fingerprint density at radius 2 is 2.00 bits per heavy atom. The number of rotatable bonds is 5. The standard InChI is InChI=1S/C18H19N3O2/c1-23-16-9-5-2-6-13(16)12-17(22)21-15-8-4-3-7-14(15)18-19-10-11-20-18/h2-9H,10-12H2,1H3,(H,19,20)(H,21,22). The summed E-state index contributed by atoms with van der Waals surface area (Å²) in [6.45, 7) is 1.59. The first kappa shape index (κ1) is 15.1. The predicted molar refractivity (Wildman–Crippen MR) is 91.2 cm³/mol. The average Bonchev–Trinajstić information content (AvgIpc) is 3.10. The molecule has 1 amide bonds. The van der Waals surface area contributed by atoms with Crippen molar-refractivity contribution in [1.82, 2.24) is 5.32 Å². The molecule has 118 valence electrons. The first-order chi connectivity index (χ1) is 11.3. The first-order valence-corrected chi connectivity index (χ1v) is 7.57. The minimum Gasteiger partial charge on any atom is -0.496 e. The first-order valence-electron chi connectivity index (χ1n) is 7.57. The van der Waals surface area contributed by atoms with Crippen molar-refractivity contribution in [3.63, 3.8) is 0 Å². The maximum absolute atomic E-state index is 12.4. The van der Waals surface area contributed by atoms with E-state index in [0.717, 1.165) is 41.5 Å². The van der Waals surface area contributed by atoms with Gasteiger partial charge in [-0.2, -0.15) is 0 Å². The zero-order chi connectivity index (χ0) is 16.1. The fraction of sp³-hybridized carbons (Fsp3) is 0.222. The molecule has 2 aromatic carbocycles. The molecule has 1 heterocycles. The van der Waals surface area contributed by atoms with Crippen LogP contribution in [-0.2, 0) is 11.2 Å². The van der Waals surface area contributed by atoms with E-state index in [1.165, 1.54) is 0 Å². The van der Waals surface area contributed by atoms with Crippen LogP contribution >= 0.6 is 0 Å². The molecule has 1 aliphatic heterocycles. The number of carbonyl (C=O) groups excluding carboxylic acids is 1. The lowest BCUT2D eigenvalue weighted by molar-refractivity contribution is -0.115. The Bertz CT molecular complexity index is 741. The number of amides is 1. The SMILES string of the molecule is COc1ccccc1CC(=O)Nc1ccccc1C1=NCCN1. The van der Waals surface area contributed by atoms with Gasteiger partial charge in [0.2, 0.25) is 5.91 Å². The highest BCUT2D eigenvalue weighted by Crippen LogP contribution is 2.20. The molecule has 1 aliphatic rings. The molecule has 0 aliphatic carbocycles. The summed E-state index contributed by atoms with van der Waals surface area (Å²) in [7, 11) is 1.61. The Morgan fingerprint density at radius 3 is 2.78 bits per heavy atom. The molecule has 2 aromatic rings. The maximum atomic E-state index is 12.4. The van der Waals surface area contributed by atoms with Crippen LogP contribution < -0.4 is 15.4 Å². The van der Waals surface area contributed by atoms with Gasteiger partial charge in [-0.3, -0.25) is 9.79 Å². The number of benzene rings is 2. The van der Waals surface area contributed by atoms with Gasteiger partial charge in [-0.1, -0.05) is 30.3 Å². The smallest absolute Gasteiger partial charge is 0.228 e. The van der Waals surface area contributed by atoms with Gasteiger partial charge in [-0.05, 0) is 18.2 Å². The fourth-order valence-electron chi connectivity index (χ4n) is 2.59. The number of aliphatic imine (C=N–C) groups is 1. The van der Waals surface area contributed by atoms with E-state index in [1.54, 1.807) is 7.11 Å². The number of nitrogens with zero attached hydrogens (tertiary/aromatic N) is 1. The highest BCUT2D eigenvalue weighted by Gasteiger charge is 2.15. The molecule has 0 bridgehead atoms. The second-order valence-electron chi connectivity index (χ2n) is 5.24. The summed E-state index contributed by atoms with van der Waals surface area (Å²) in [6.07, 6.45) is 0.262. The third-order valence-electron chi connectivity index (χ3n) is 3.67. The maximum Gasteiger partial charge on any atom is 0.228 e. The van der Waals surface area contributed by atoms with E-state index in [9.17, 15) is 4.79 Å². The summed E-state index contributed by atoms with van der Waals surface area (Å²) in [5.41, 5.74) is 2.54. The molecule has 5 nitrogen and oxygen atoms in total.